The summed E-state index contributed by atoms with van der Waals surface area (Å²) >= 11 is 0. The van der Waals surface area contributed by atoms with Gasteiger partial charge in [-0.3, -0.25) is 18.7 Å². The minimum absolute atomic E-state index is 0.00710. The van der Waals surface area contributed by atoms with Crippen molar-refractivity contribution >= 4 is 16.9 Å². The first-order valence-electron chi connectivity index (χ1n) is 10.1. The maximum atomic E-state index is 12.9. The molecule has 0 aromatic carbocycles. The number of nitrogens with one attached hydrogen (secondary N) is 1. The van der Waals surface area contributed by atoms with Gasteiger partial charge < -0.3 is 14.2 Å². The fraction of sp³-hybridized carbons (Fsp3) is 0.700. The number of ether oxygens (including phenoxy) is 1. The van der Waals surface area contributed by atoms with Crippen LogP contribution in [0.5, 0.6) is 0 Å². The quantitative estimate of drug-likeness (QED) is 0.721. The first-order chi connectivity index (χ1) is 13.4. The van der Waals surface area contributed by atoms with Crippen LogP contribution < -0.4 is 16.1 Å². The monoisotopic (exact) mass is 406 g/mol. The van der Waals surface area contributed by atoms with E-state index in [0.29, 0.717) is 23.5 Å². The van der Waals surface area contributed by atoms with Crippen molar-refractivity contribution in [3.63, 3.8) is 0 Å². The van der Waals surface area contributed by atoms with Gasteiger partial charge in [-0.2, -0.15) is 0 Å². The third kappa shape index (κ3) is 4.06. The Balaban J connectivity index is 2.15. The summed E-state index contributed by atoms with van der Waals surface area (Å²) in [6, 6.07) is 0. The molecule has 9 nitrogen and oxygen atoms in total. The molecule has 1 N–H and O–H groups in total. The lowest BCUT2D eigenvalue weighted by Crippen LogP contribution is -3.14. The number of hydrogen-bond acceptors (Lipinski definition) is 5. The number of aryl methyl sites for hydroxylation is 1. The van der Waals surface area contributed by atoms with Crippen molar-refractivity contribution in [1.82, 2.24) is 18.7 Å². The molecule has 9 heteroatoms. The molecule has 2 aromatic rings. The van der Waals surface area contributed by atoms with Crippen LogP contribution in [0.3, 0.4) is 0 Å². The van der Waals surface area contributed by atoms with Crippen LogP contribution in [0.4, 0.5) is 0 Å². The first-order valence-corrected chi connectivity index (χ1v) is 10.1. The highest BCUT2D eigenvalue weighted by Crippen LogP contribution is 2.19. The van der Waals surface area contributed by atoms with Crippen molar-refractivity contribution in [3.8, 4) is 0 Å². The first kappa shape index (κ1) is 21.4. The van der Waals surface area contributed by atoms with Gasteiger partial charge >= 0.3 is 5.69 Å². The summed E-state index contributed by atoms with van der Waals surface area (Å²) in [6.07, 6.45) is 0.250. The zero-order valence-corrected chi connectivity index (χ0v) is 18.4. The number of morpholine rings is 1. The third-order valence-electron chi connectivity index (χ3n) is 5.59. The third-order valence-corrected chi connectivity index (χ3v) is 5.59. The van der Waals surface area contributed by atoms with E-state index in [1.165, 1.54) is 16.5 Å². The minimum Gasteiger partial charge on any atom is -0.364 e. The lowest BCUT2D eigenvalue weighted by molar-refractivity contribution is -0.929. The maximum Gasteiger partial charge on any atom is 0.332 e. The predicted molar refractivity (Wildman–Crippen MR) is 109 cm³/mol. The van der Waals surface area contributed by atoms with Gasteiger partial charge in [0.05, 0.1) is 6.54 Å². The molecular weight excluding hydrogens is 374 g/mol. The fourth-order valence-electron chi connectivity index (χ4n) is 3.93. The van der Waals surface area contributed by atoms with Crippen molar-refractivity contribution in [2.45, 2.75) is 59.9 Å². The largest absolute Gasteiger partial charge is 0.364 e. The van der Waals surface area contributed by atoms with Gasteiger partial charge in [0.2, 0.25) is 0 Å². The van der Waals surface area contributed by atoms with Gasteiger partial charge in [0.1, 0.15) is 31.8 Å². The topological polar surface area (TPSA) is 92.6 Å². The molecule has 0 spiro atoms. The van der Waals surface area contributed by atoms with E-state index in [1.54, 1.807) is 11.6 Å². The number of rotatable bonds is 4. The van der Waals surface area contributed by atoms with E-state index in [2.05, 4.69) is 4.98 Å². The summed E-state index contributed by atoms with van der Waals surface area (Å²) in [5, 5.41) is 0. The Bertz CT molecular complexity index is 1050. The van der Waals surface area contributed by atoms with Gasteiger partial charge in [0.25, 0.3) is 5.56 Å². The Morgan fingerprint density at radius 2 is 1.72 bits per heavy atom. The zero-order chi connectivity index (χ0) is 21.7. The van der Waals surface area contributed by atoms with E-state index in [-0.39, 0.29) is 24.5 Å². The van der Waals surface area contributed by atoms with Crippen LogP contribution in [-0.4, -0.2) is 49.8 Å². The van der Waals surface area contributed by atoms with E-state index >= 15 is 0 Å². The van der Waals surface area contributed by atoms with E-state index < -0.39 is 16.7 Å². The Hall–Kier alpha value is -2.26. The number of quaternary nitrogens is 1. The van der Waals surface area contributed by atoms with E-state index in [9.17, 15) is 14.4 Å². The van der Waals surface area contributed by atoms with Crippen molar-refractivity contribution < 1.29 is 14.4 Å². The Kier molecular flexibility index (Phi) is 5.57. The number of Topliss-reactive ketones (excluding diaryl/α,β-unsaturated/α-hetero) is 1. The molecule has 1 saturated heterocycles. The van der Waals surface area contributed by atoms with Crippen LogP contribution in [0.15, 0.2) is 9.59 Å². The van der Waals surface area contributed by atoms with Crippen molar-refractivity contribution in [2.24, 2.45) is 19.5 Å². The van der Waals surface area contributed by atoms with E-state index in [4.69, 9.17) is 4.74 Å². The molecule has 2 aromatic heterocycles. The normalized spacial score (nSPS) is 22.9. The van der Waals surface area contributed by atoms with Gasteiger partial charge in [0, 0.05) is 19.5 Å². The Morgan fingerprint density at radius 1 is 1.14 bits per heavy atom. The number of fused-ring (bicyclic) bond motifs is 1. The molecule has 29 heavy (non-hydrogen) atoms. The number of ketones is 1. The molecule has 1 fully saturated rings. The predicted octanol–water partition coefficient (Wildman–Crippen LogP) is -0.759. The molecule has 1 aliphatic heterocycles. The average molecular weight is 407 g/mol. The molecule has 1 aliphatic rings. The minimum atomic E-state index is -0.547. The maximum absolute atomic E-state index is 12.9. The number of carbonyl (C=O) groups is 1. The van der Waals surface area contributed by atoms with Crippen LogP contribution in [-0.2, 0) is 36.7 Å². The standard InChI is InChI=1S/C20H31N5O4/c1-12-8-24(9-13(2)29-12)11-15-21-17-16(18(27)23(7)19(28)22(17)6)25(15)10-14(26)20(3,4)5/h12-13H,8-11H2,1-7H3/p+1/t12-,13-/m1/s1. The molecule has 160 valence electrons. The Labute approximate surface area is 169 Å². The molecule has 0 aliphatic carbocycles. The molecule has 3 rings (SSSR count). The molecule has 0 amide bonds. The number of imidazole rings is 1. The summed E-state index contributed by atoms with van der Waals surface area (Å²) < 4.78 is 9.97. The fourth-order valence-corrected chi connectivity index (χ4v) is 3.93. The molecule has 0 saturated carbocycles. The van der Waals surface area contributed by atoms with Crippen LogP contribution in [0.1, 0.15) is 40.4 Å². The average Bonchev–Trinajstić information content (AvgIpc) is 2.94. The number of nitrogens with zero attached hydrogens (tertiary/aromatic N) is 4. The molecule has 0 unspecified atom stereocenters. The number of aromatic nitrogens is 4. The molecule has 2 atom stereocenters. The highest BCUT2D eigenvalue weighted by atomic mass is 16.5. The summed E-state index contributed by atoms with van der Waals surface area (Å²) in [6.45, 7) is 11.9. The van der Waals surface area contributed by atoms with Crippen molar-refractivity contribution in [3.05, 3.63) is 26.7 Å². The van der Waals surface area contributed by atoms with Crippen LogP contribution in [0.2, 0.25) is 0 Å². The second-order valence-corrected chi connectivity index (χ2v) is 9.26. The Morgan fingerprint density at radius 3 is 2.28 bits per heavy atom. The summed E-state index contributed by atoms with van der Waals surface area (Å²) in [5.41, 5.74) is -0.780. The smallest absolute Gasteiger partial charge is 0.332 e. The second-order valence-electron chi connectivity index (χ2n) is 9.26. The van der Waals surface area contributed by atoms with Crippen LogP contribution >= 0.6 is 0 Å². The zero-order valence-electron chi connectivity index (χ0n) is 18.4. The van der Waals surface area contributed by atoms with Gasteiger partial charge in [-0.1, -0.05) is 20.8 Å². The molecule has 3 heterocycles. The summed E-state index contributed by atoms with van der Waals surface area (Å²) in [7, 11) is 3.05. The molecular formula is C20H32N5O4+. The summed E-state index contributed by atoms with van der Waals surface area (Å²) in [5.74, 6) is 0.653. The van der Waals surface area contributed by atoms with Crippen molar-refractivity contribution in [2.75, 3.05) is 13.1 Å². The van der Waals surface area contributed by atoms with E-state index in [0.717, 1.165) is 17.7 Å². The van der Waals surface area contributed by atoms with E-state index in [1.807, 2.05) is 34.6 Å². The van der Waals surface area contributed by atoms with Crippen LogP contribution in [0, 0.1) is 5.41 Å². The van der Waals surface area contributed by atoms with Gasteiger partial charge in [0.15, 0.2) is 22.8 Å². The highest BCUT2D eigenvalue weighted by Gasteiger charge is 2.30. The summed E-state index contributed by atoms with van der Waals surface area (Å²) in [4.78, 5) is 44.0. The van der Waals surface area contributed by atoms with Gasteiger partial charge in [-0.05, 0) is 13.8 Å². The van der Waals surface area contributed by atoms with Crippen molar-refractivity contribution in [1.29, 1.82) is 0 Å². The highest BCUT2D eigenvalue weighted by molar-refractivity contribution is 5.85. The van der Waals surface area contributed by atoms with Gasteiger partial charge in [-0.25, -0.2) is 9.78 Å². The van der Waals surface area contributed by atoms with Crippen LogP contribution in [0.25, 0.3) is 11.2 Å². The number of hydrogen-bond donors (Lipinski definition) is 1. The molecule has 0 bridgehead atoms. The lowest BCUT2D eigenvalue weighted by atomic mass is 9.91. The molecule has 0 radical (unpaired) electrons. The van der Waals surface area contributed by atoms with Gasteiger partial charge in [-0.15, -0.1) is 0 Å². The SMILES string of the molecule is C[C@@H]1C[NH+](Cc2nc3c(c(=O)n(C)c(=O)n3C)n2CC(=O)C(C)(C)C)C[C@@H](C)O1. The lowest BCUT2D eigenvalue weighted by Gasteiger charge is -2.32. The number of carbonyl (C=O) groups excluding carboxylic acids is 1. The second kappa shape index (κ2) is 7.53.